The second-order valence-electron chi connectivity index (χ2n) is 9.78. The number of hydrogen-bond acceptors (Lipinski definition) is 2. The van der Waals surface area contributed by atoms with Crippen LogP contribution < -0.4 is 10.6 Å². The third kappa shape index (κ3) is 11.5. The van der Waals surface area contributed by atoms with Crippen LogP contribution in [-0.4, -0.2) is 29.3 Å². The van der Waals surface area contributed by atoms with Crippen LogP contribution in [-0.2, 0) is 4.79 Å². The lowest BCUT2D eigenvalue weighted by molar-refractivity contribution is -0.923. The molecular formula is C28H54N3O+. The minimum atomic E-state index is 0.0539. The molecule has 186 valence electrons. The number of amides is 1. The van der Waals surface area contributed by atoms with Gasteiger partial charge in [-0.15, -0.1) is 0 Å². The fourth-order valence-electron chi connectivity index (χ4n) is 5.16. The number of hydrogen-bond donors (Lipinski definition) is 2. The van der Waals surface area contributed by atoms with Gasteiger partial charge in [0.25, 0.3) is 0 Å². The van der Waals surface area contributed by atoms with E-state index in [0.29, 0.717) is 6.17 Å². The molecule has 0 fully saturated rings. The van der Waals surface area contributed by atoms with Gasteiger partial charge in [0.05, 0.1) is 12.7 Å². The number of allylic oxidation sites excluding steroid dienone is 2. The minimum absolute atomic E-state index is 0.0539. The zero-order valence-corrected chi connectivity index (χ0v) is 21.8. The first-order valence-corrected chi connectivity index (χ1v) is 13.8. The van der Waals surface area contributed by atoms with Crippen molar-refractivity contribution < 1.29 is 9.28 Å². The lowest BCUT2D eigenvalue weighted by Crippen LogP contribution is -2.62. The van der Waals surface area contributed by atoms with Gasteiger partial charge in [0.2, 0.25) is 5.91 Å². The van der Waals surface area contributed by atoms with Gasteiger partial charge in [-0.1, -0.05) is 89.2 Å². The molecule has 1 heterocycles. The fraction of sp³-hybridized carbons (Fsp3) is 0.821. The molecular weight excluding hydrogens is 394 g/mol. The number of nitrogens with zero attached hydrogens (tertiary/aromatic N) is 1. The number of quaternary nitrogens is 1. The number of carbonyl (C=O) groups is 1. The van der Waals surface area contributed by atoms with E-state index in [4.69, 9.17) is 0 Å². The van der Waals surface area contributed by atoms with Gasteiger partial charge in [-0.05, 0) is 33.1 Å². The van der Waals surface area contributed by atoms with Crippen molar-refractivity contribution in [3.63, 3.8) is 0 Å². The number of nitrogens with one attached hydrogen (secondary N) is 2. The van der Waals surface area contributed by atoms with E-state index in [1.54, 1.807) is 6.92 Å². The summed E-state index contributed by atoms with van der Waals surface area (Å²) in [6.45, 7) is 9.06. The van der Waals surface area contributed by atoms with Gasteiger partial charge in [0.1, 0.15) is 6.20 Å². The third-order valence-electron chi connectivity index (χ3n) is 7.24. The van der Waals surface area contributed by atoms with Crippen LogP contribution in [0.2, 0.25) is 0 Å². The second-order valence-corrected chi connectivity index (χ2v) is 9.78. The van der Waals surface area contributed by atoms with Crippen molar-refractivity contribution >= 4 is 5.91 Å². The van der Waals surface area contributed by atoms with Gasteiger partial charge < -0.3 is 10.6 Å². The Morgan fingerprint density at radius 1 is 0.938 bits per heavy atom. The Balaban J connectivity index is 1.97. The molecule has 0 aliphatic carbocycles. The quantitative estimate of drug-likeness (QED) is 0.115. The maximum absolute atomic E-state index is 11.5. The average Bonchev–Trinajstić information content (AvgIpc) is 3.19. The average molecular weight is 449 g/mol. The maximum atomic E-state index is 11.5. The highest BCUT2D eigenvalue weighted by Crippen LogP contribution is 2.26. The van der Waals surface area contributed by atoms with Gasteiger partial charge in [0, 0.05) is 20.3 Å². The van der Waals surface area contributed by atoms with Crippen molar-refractivity contribution in [2.24, 2.45) is 0 Å². The van der Waals surface area contributed by atoms with E-state index in [9.17, 15) is 4.79 Å². The minimum Gasteiger partial charge on any atom is -0.338 e. The summed E-state index contributed by atoms with van der Waals surface area (Å²) in [5.74, 6) is 0.0539. The van der Waals surface area contributed by atoms with E-state index in [-0.39, 0.29) is 12.1 Å². The van der Waals surface area contributed by atoms with Crippen LogP contribution in [0.1, 0.15) is 130 Å². The molecule has 0 aromatic rings. The molecule has 0 radical (unpaired) electrons. The lowest BCUT2D eigenvalue weighted by atomic mass is 10.0. The SMILES string of the molecule is C/C=C/CCCCCCCCCCCCCCCCC1NC=C[N+]1(CC)C(C)NC(C)=O. The molecule has 3 atom stereocenters. The fourth-order valence-corrected chi connectivity index (χ4v) is 5.16. The van der Waals surface area contributed by atoms with Crippen LogP contribution in [0.4, 0.5) is 0 Å². The lowest BCUT2D eigenvalue weighted by Gasteiger charge is -2.41. The summed E-state index contributed by atoms with van der Waals surface area (Å²) < 4.78 is 0.815. The summed E-state index contributed by atoms with van der Waals surface area (Å²) in [6.07, 6.45) is 31.2. The standard InChI is InChI=1S/C28H53N3O/c1-5-7-8-9-10-11-12-13-14-15-16-17-18-19-20-21-22-23-28-29-24-25-31(28,6-2)26(3)30-27(4)32/h5,7,24-26,28-29H,6,8-23H2,1-4H3/p+1/b7-5+. The molecule has 32 heavy (non-hydrogen) atoms. The summed E-state index contributed by atoms with van der Waals surface area (Å²) in [5.41, 5.74) is 0. The number of carbonyl (C=O) groups excluding carboxylic acids is 1. The topological polar surface area (TPSA) is 41.1 Å². The molecule has 0 saturated heterocycles. The molecule has 1 aliphatic heterocycles. The van der Waals surface area contributed by atoms with E-state index in [1.807, 2.05) is 0 Å². The van der Waals surface area contributed by atoms with Gasteiger partial charge in [-0.2, -0.15) is 0 Å². The van der Waals surface area contributed by atoms with E-state index < -0.39 is 0 Å². The van der Waals surface area contributed by atoms with Crippen LogP contribution >= 0.6 is 0 Å². The molecule has 1 amide bonds. The van der Waals surface area contributed by atoms with Crippen LogP contribution in [0.15, 0.2) is 24.6 Å². The Kier molecular flexibility index (Phi) is 16.3. The normalized spacial score (nSPS) is 21.2. The summed E-state index contributed by atoms with van der Waals surface area (Å²) >= 11 is 0. The summed E-state index contributed by atoms with van der Waals surface area (Å²) in [6, 6.07) is 0. The van der Waals surface area contributed by atoms with Gasteiger partial charge in [0.15, 0.2) is 12.3 Å². The molecule has 0 aromatic heterocycles. The summed E-state index contributed by atoms with van der Waals surface area (Å²) in [7, 11) is 0. The molecule has 0 spiro atoms. The Labute approximate surface area is 199 Å². The molecule has 0 saturated carbocycles. The molecule has 1 rings (SSSR count). The molecule has 2 N–H and O–H groups in total. The monoisotopic (exact) mass is 448 g/mol. The molecule has 0 bridgehead atoms. The molecule has 0 aromatic carbocycles. The predicted molar refractivity (Wildman–Crippen MR) is 139 cm³/mol. The smallest absolute Gasteiger partial charge is 0.221 e. The van der Waals surface area contributed by atoms with Crippen molar-refractivity contribution in [2.45, 2.75) is 143 Å². The first kappa shape index (κ1) is 28.7. The Hall–Kier alpha value is -1.29. The van der Waals surface area contributed by atoms with Crippen LogP contribution in [0.5, 0.6) is 0 Å². The highest BCUT2D eigenvalue weighted by atomic mass is 16.1. The van der Waals surface area contributed by atoms with Crippen molar-refractivity contribution in [3.05, 3.63) is 24.6 Å². The Bertz CT molecular complexity index is 531. The van der Waals surface area contributed by atoms with Crippen LogP contribution in [0.3, 0.4) is 0 Å². The Morgan fingerprint density at radius 2 is 1.44 bits per heavy atom. The zero-order chi connectivity index (χ0) is 23.5. The van der Waals surface area contributed by atoms with E-state index >= 15 is 0 Å². The van der Waals surface area contributed by atoms with Gasteiger partial charge >= 0.3 is 0 Å². The van der Waals surface area contributed by atoms with Crippen molar-refractivity contribution in [2.75, 3.05) is 6.54 Å². The first-order chi connectivity index (χ1) is 15.6. The molecule has 1 aliphatic rings. The highest BCUT2D eigenvalue weighted by Gasteiger charge is 2.41. The number of rotatable bonds is 20. The Morgan fingerprint density at radius 3 is 1.91 bits per heavy atom. The molecule has 4 heteroatoms. The number of unbranched alkanes of at least 4 members (excludes halogenated alkanes) is 14. The first-order valence-electron chi connectivity index (χ1n) is 13.8. The van der Waals surface area contributed by atoms with E-state index in [1.165, 1.54) is 103 Å². The maximum Gasteiger partial charge on any atom is 0.221 e. The molecule has 4 nitrogen and oxygen atoms in total. The predicted octanol–water partition coefficient (Wildman–Crippen LogP) is 7.52. The van der Waals surface area contributed by atoms with Crippen LogP contribution in [0.25, 0.3) is 0 Å². The van der Waals surface area contributed by atoms with Crippen LogP contribution in [0, 0.1) is 0 Å². The summed E-state index contributed by atoms with van der Waals surface area (Å²) in [5, 5.41) is 6.65. The third-order valence-corrected chi connectivity index (χ3v) is 7.24. The van der Waals surface area contributed by atoms with Gasteiger partial charge in [-0.25, -0.2) is 0 Å². The van der Waals surface area contributed by atoms with Crippen molar-refractivity contribution in [1.29, 1.82) is 0 Å². The second kappa shape index (κ2) is 18.2. The van der Waals surface area contributed by atoms with Crippen molar-refractivity contribution in [1.82, 2.24) is 10.6 Å². The largest absolute Gasteiger partial charge is 0.338 e. The highest BCUT2D eigenvalue weighted by molar-refractivity contribution is 5.72. The van der Waals surface area contributed by atoms with Gasteiger partial charge in [-0.3, -0.25) is 9.28 Å². The summed E-state index contributed by atoms with van der Waals surface area (Å²) in [4.78, 5) is 11.5. The molecule has 3 unspecified atom stereocenters. The van der Waals surface area contributed by atoms with E-state index in [0.717, 1.165) is 11.0 Å². The van der Waals surface area contributed by atoms with Crippen molar-refractivity contribution in [3.8, 4) is 0 Å². The zero-order valence-electron chi connectivity index (χ0n) is 21.8. The van der Waals surface area contributed by atoms with E-state index in [2.05, 4.69) is 56.0 Å².